The van der Waals surface area contributed by atoms with E-state index in [2.05, 4.69) is 58.3 Å². The number of aromatic nitrogens is 3. The number of hydrogen-bond donors (Lipinski definition) is 1. The lowest BCUT2D eigenvalue weighted by Crippen LogP contribution is -2.49. The van der Waals surface area contributed by atoms with Gasteiger partial charge in [-0.1, -0.05) is 38.1 Å². The minimum absolute atomic E-state index is 0.00288. The molecule has 1 aliphatic heterocycles. The first-order valence-electron chi connectivity index (χ1n) is 13.1. The Morgan fingerprint density at radius 3 is 2.25 bits per heavy atom. The zero-order chi connectivity index (χ0) is 25.8. The van der Waals surface area contributed by atoms with Crippen LogP contribution in [0.1, 0.15) is 76.7 Å². The predicted octanol–water partition coefficient (Wildman–Crippen LogP) is 4.55. The summed E-state index contributed by atoms with van der Waals surface area (Å²) in [7, 11) is 0. The van der Waals surface area contributed by atoms with Crippen molar-refractivity contribution < 1.29 is 4.79 Å². The van der Waals surface area contributed by atoms with E-state index in [0.717, 1.165) is 43.5 Å². The van der Waals surface area contributed by atoms with Gasteiger partial charge in [0.15, 0.2) is 0 Å². The second kappa shape index (κ2) is 11.2. The van der Waals surface area contributed by atoms with Crippen LogP contribution in [0.5, 0.6) is 0 Å². The van der Waals surface area contributed by atoms with Gasteiger partial charge in [0.05, 0.1) is 6.04 Å². The zero-order valence-electron chi connectivity index (χ0n) is 22.1. The number of anilines is 1. The topological polar surface area (TPSA) is 83.4 Å². The number of rotatable bonds is 8. The fourth-order valence-electron chi connectivity index (χ4n) is 5.10. The first kappa shape index (κ1) is 25.8. The summed E-state index contributed by atoms with van der Waals surface area (Å²) in [5, 5.41) is 4.24. The van der Waals surface area contributed by atoms with Crippen molar-refractivity contribution in [3.05, 3.63) is 64.1 Å². The van der Waals surface area contributed by atoms with Gasteiger partial charge in [-0.25, -0.2) is 4.98 Å². The highest BCUT2D eigenvalue weighted by atomic mass is 16.2. The molecular weight excluding hydrogens is 452 g/mol. The number of benzene rings is 1. The van der Waals surface area contributed by atoms with Crippen LogP contribution >= 0.6 is 0 Å². The molecule has 1 fully saturated rings. The van der Waals surface area contributed by atoms with Gasteiger partial charge in [-0.05, 0) is 44.4 Å². The van der Waals surface area contributed by atoms with Crippen molar-refractivity contribution in [2.75, 3.05) is 31.5 Å². The molecule has 1 amide bonds. The van der Waals surface area contributed by atoms with Crippen LogP contribution in [0.2, 0.25) is 0 Å². The second-order valence-electron chi connectivity index (χ2n) is 9.83. The van der Waals surface area contributed by atoms with E-state index in [0.29, 0.717) is 24.1 Å². The zero-order valence-corrected chi connectivity index (χ0v) is 22.1. The van der Waals surface area contributed by atoms with Crippen molar-refractivity contribution in [2.45, 2.75) is 65.6 Å². The number of fused-ring (bicyclic) bond motifs is 1. The standard InChI is InChI=1S/C28H38N6O2/c1-6-24(32-14-16-33(17-15-32)25(35)7-2)22-10-8-21(9-11-22)20(5)30-28-29-18-23-12-13-26(36)34(19(3)4)27(23)31-28/h8-13,18-20,24H,6-7,14-17H2,1-5H3,(H,29,30,31). The molecule has 0 aliphatic carbocycles. The van der Waals surface area contributed by atoms with Crippen molar-refractivity contribution in [1.82, 2.24) is 24.3 Å². The van der Waals surface area contributed by atoms with Crippen molar-refractivity contribution >= 4 is 22.9 Å². The number of nitrogens with zero attached hydrogens (tertiary/aromatic N) is 5. The average molecular weight is 491 g/mol. The van der Waals surface area contributed by atoms with E-state index in [1.165, 1.54) is 5.56 Å². The molecule has 36 heavy (non-hydrogen) atoms. The molecule has 3 aromatic rings. The maximum absolute atomic E-state index is 12.4. The Morgan fingerprint density at radius 2 is 1.64 bits per heavy atom. The maximum Gasteiger partial charge on any atom is 0.252 e. The van der Waals surface area contributed by atoms with Crippen molar-refractivity contribution in [1.29, 1.82) is 0 Å². The molecule has 2 unspecified atom stereocenters. The summed E-state index contributed by atoms with van der Waals surface area (Å²) in [5.74, 6) is 0.751. The van der Waals surface area contributed by atoms with Crippen LogP contribution in [-0.4, -0.2) is 56.4 Å². The Hall–Kier alpha value is -3.26. The highest BCUT2D eigenvalue weighted by Crippen LogP contribution is 2.27. The van der Waals surface area contributed by atoms with Crippen LogP contribution in [0.4, 0.5) is 5.95 Å². The molecule has 4 rings (SSSR count). The number of nitrogens with one attached hydrogen (secondary N) is 1. The van der Waals surface area contributed by atoms with Crippen LogP contribution in [0, 0.1) is 0 Å². The Labute approximate surface area is 213 Å². The Kier molecular flexibility index (Phi) is 8.04. The average Bonchev–Trinajstić information content (AvgIpc) is 2.89. The third-order valence-corrected chi connectivity index (χ3v) is 7.15. The Morgan fingerprint density at radius 1 is 0.972 bits per heavy atom. The Balaban J connectivity index is 1.46. The first-order valence-corrected chi connectivity index (χ1v) is 13.1. The van der Waals surface area contributed by atoms with Gasteiger partial charge >= 0.3 is 0 Å². The summed E-state index contributed by atoms with van der Waals surface area (Å²) in [6.45, 7) is 13.6. The van der Waals surface area contributed by atoms with Crippen LogP contribution < -0.4 is 10.9 Å². The number of amides is 1. The van der Waals surface area contributed by atoms with E-state index in [4.69, 9.17) is 0 Å². The quantitative estimate of drug-likeness (QED) is 0.499. The minimum Gasteiger partial charge on any atom is -0.348 e. The minimum atomic E-state index is -0.0605. The predicted molar refractivity (Wildman–Crippen MR) is 144 cm³/mol. The van der Waals surface area contributed by atoms with E-state index < -0.39 is 0 Å². The van der Waals surface area contributed by atoms with Crippen molar-refractivity contribution in [2.24, 2.45) is 0 Å². The van der Waals surface area contributed by atoms with Crippen LogP contribution in [-0.2, 0) is 4.79 Å². The maximum atomic E-state index is 12.4. The van der Waals surface area contributed by atoms with E-state index >= 15 is 0 Å². The van der Waals surface area contributed by atoms with E-state index in [1.807, 2.05) is 25.7 Å². The van der Waals surface area contributed by atoms with Gasteiger partial charge in [-0.15, -0.1) is 0 Å². The third-order valence-electron chi connectivity index (χ3n) is 7.15. The lowest BCUT2D eigenvalue weighted by molar-refractivity contribution is -0.132. The Bertz CT molecular complexity index is 1250. The van der Waals surface area contributed by atoms with Gasteiger partial charge in [0, 0.05) is 62.3 Å². The second-order valence-corrected chi connectivity index (χ2v) is 9.83. The molecule has 1 aromatic carbocycles. The molecule has 0 radical (unpaired) electrons. The molecule has 0 bridgehead atoms. The number of pyridine rings is 1. The summed E-state index contributed by atoms with van der Waals surface area (Å²) < 4.78 is 1.70. The van der Waals surface area contributed by atoms with E-state index in [1.54, 1.807) is 22.9 Å². The fourth-order valence-corrected chi connectivity index (χ4v) is 5.10. The normalized spacial score (nSPS) is 16.3. The van der Waals surface area contributed by atoms with E-state index in [9.17, 15) is 9.59 Å². The molecule has 0 saturated carbocycles. The lowest BCUT2D eigenvalue weighted by atomic mass is 9.98. The summed E-state index contributed by atoms with van der Waals surface area (Å²) in [5.41, 5.74) is 3.02. The summed E-state index contributed by atoms with van der Waals surface area (Å²) in [6.07, 6.45) is 3.36. The summed E-state index contributed by atoms with van der Waals surface area (Å²) in [6, 6.07) is 12.4. The van der Waals surface area contributed by atoms with Crippen LogP contribution in [0.3, 0.4) is 0 Å². The SMILES string of the molecule is CCC(=O)N1CCN(C(CC)c2ccc(C(C)Nc3ncc4ccc(=O)n(C(C)C)c4n3)cc2)CC1. The largest absolute Gasteiger partial charge is 0.348 e. The highest BCUT2D eigenvalue weighted by molar-refractivity contribution is 5.76. The van der Waals surface area contributed by atoms with Gasteiger partial charge in [-0.2, -0.15) is 4.98 Å². The van der Waals surface area contributed by atoms with Gasteiger partial charge in [0.1, 0.15) is 5.65 Å². The molecule has 192 valence electrons. The molecule has 1 N–H and O–H groups in total. The number of carbonyl (C=O) groups is 1. The van der Waals surface area contributed by atoms with Crippen LogP contribution in [0.25, 0.3) is 11.0 Å². The number of carbonyl (C=O) groups excluding carboxylic acids is 1. The number of piperazine rings is 1. The molecule has 2 atom stereocenters. The lowest BCUT2D eigenvalue weighted by Gasteiger charge is -2.39. The first-order chi connectivity index (χ1) is 17.3. The fraction of sp³-hybridized carbons (Fsp3) is 0.500. The molecule has 3 heterocycles. The van der Waals surface area contributed by atoms with Gasteiger partial charge < -0.3 is 10.2 Å². The molecule has 8 heteroatoms. The van der Waals surface area contributed by atoms with Gasteiger partial charge in [0.25, 0.3) is 5.56 Å². The van der Waals surface area contributed by atoms with E-state index in [-0.39, 0.29) is 23.6 Å². The summed E-state index contributed by atoms with van der Waals surface area (Å²) >= 11 is 0. The highest BCUT2D eigenvalue weighted by Gasteiger charge is 2.25. The molecule has 1 aliphatic rings. The monoisotopic (exact) mass is 490 g/mol. The molecule has 0 spiro atoms. The smallest absolute Gasteiger partial charge is 0.252 e. The van der Waals surface area contributed by atoms with Crippen LogP contribution in [0.15, 0.2) is 47.4 Å². The summed E-state index contributed by atoms with van der Waals surface area (Å²) in [4.78, 5) is 38.0. The van der Waals surface area contributed by atoms with Crippen molar-refractivity contribution in [3.8, 4) is 0 Å². The molecule has 1 saturated heterocycles. The van der Waals surface area contributed by atoms with Crippen molar-refractivity contribution in [3.63, 3.8) is 0 Å². The number of hydrogen-bond acceptors (Lipinski definition) is 6. The molecule has 8 nitrogen and oxygen atoms in total. The van der Waals surface area contributed by atoms with Gasteiger partial charge in [0.2, 0.25) is 11.9 Å². The van der Waals surface area contributed by atoms with Gasteiger partial charge in [-0.3, -0.25) is 19.1 Å². The molecular formula is C28H38N6O2. The third kappa shape index (κ3) is 5.43. The molecule has 2 aromatic heterocycles.